The third-order valence-electron chi connectivity index (χ3n) is 6.32. The highest BCUT2D eigenvalue weighted by Crippen LogP contribution is 2.43. The fourth-order valence-electron chi connectivity index (χ4n) is 5.12. The van der Waals surface area contributed by atoms with E-state index in [-0.39, 0.29) is 21.7 Å². The summed E-state index contributed by atoms with van der Waals surface area (Å²) in [5.74, 6) is 0.756. The van der Waals surface area contributed by atoms with E-state index >= 15 is 0 Å². The van der Waals surface area contributed by atoms with E-state index in [4.69, 9.17) is 0 Å². The quantitative estimate of drug-likeness (QED) is 0.508. The van der Waals surface area contributed by atoms with Gasteiger partial charge in [0.25, 0.3) is 0 Å². The van der Waals surface area contributed by atoms with Gasteiger partial charge in [0.05, 0.1) is 0 Å². The monoisotopic (exact) mass is 438 g/mol. The predicted octanol–water partition coefficient (Wildman–Crippen LogP) is 8.07. The maximum Gasteiger partial charge on any atom is 0.119 e. The Morgan fingerprint density at radius 3 is 0.969 bits per heavy atom. The number of hydrogen-bond donors (Lipinski definition) is 2. The third kappa shape index (κ3) is 5.50. The van der Waals surface area contributed by atoms with Gasteiger partial charge in [0.2, 0.25) is 0 Å². The summed E-state index contributed by atoms with van der Waals surface area (Å²) in [6.45, 7) is 26.5. The standard InChI is InChI=1S/C30H46O2/c1-27(2,3)21-15-17-23(31)25(29(7,8)9)19(21)13-14-20-22(28(4,5)6)16-18-24(32)26(20)30(10,11)12/h15-18,31-32H,13-14H2,1-12H3. The molecule has 2 rings (SSSR count). The highest BCUT2D eigenvalue weighted by molar-refractivity contribution is 5.53. The van der Waals surface area contributed by atoms with Crippen LogP contribution >= 0.6 is 0 Å². The molecule has 0 radical (unpaired) electrons. The Kier molecular flexibility index (Phi) is 6.93. The second-order valence-corrected chi connectivity index (χ2v) is 13.5. The lowest BCUT2D eigenvalue weighted by atomic mass is 9.72. The zero-order valence-corrected chi connectivity index (χ0v) is 22.6. The fourth-order valence-corrected chi connectivity index (χ4v) is 5.12. The second kappa shape index (κ2) is 8.43. The van der Waals surface area contributed by atoms with Gasteiger partial charge < -0.3 is 10.2 Å². The third-order valence-corrected chi connectivity index (χ3v) is 6.32. The number of rotatable bonds is 3. The molecule has 0 unspecified atom stereocenters. The molecular formula is C30H46O2. The van der Waals surface area contributed by atoms with Crippen molar-refractivity contribution in [1.29, 1.82) is 0 Å². The summed E-state index contributed by atoms with van der Waals surface area (Å²) in [6, 6.07) is 7.91. The van der Waals surface area contributed by atoms with E-state index in [9.17, 15) is 10.2 Å². The predicted molar refractivity (Wildman–Crippen MR) is 138 cm³/mol. The van der Waals surface area contributed by atoms with E-state index in [0.717, 1.165) is 24.0 Å². The maximum atomic E-state index is 10.9. The molecule has 2 aromatic rings. The van der Waals surface area contributed by atoms with E-state index in [2.05, 4.69) is 95.2 Å². The van der Waals surface area contributed by atoms with Crippen molar-refractivity contribution < 1.29 is 10.2 Å². The molecule has 0 heterocycles. The van der Waals surface area contributed by atoms with Gasteiger partial charge in [-0.05, 0) is 68.9 Å². The SMILES string of the molecule is CC(C)(C)c1ccc(O)c(C(C)(C)C)c1CCc1c(C(C)(C)C)ccc(O)c1C(C)(C)C. The van der Waals surface area contributed by atoms with Crippen LogP contribution in [0.15, 0.2) is 24.3 Å². The summed E-state index contributed by atoms with van der Waals surface area (Å²) >= 11 is 0. The summed E-state index contributed by atoms with van der Waals surface area (Å²) in [7, 11) is 0. The minimum Gasteiger partial charge on any atom is -0.508 e. The van der Waals surface area contributed by atoms with Crippen LogP contribution in [0.3, 0.4) is 0 Å². The Morgan fingerprint density at radius 1 is 0.469 bits per heavy atom. The van der Waals surface area contributed by atoms with Gasteiger partial charge in [-0.25, -0.2) is 0 Å². The number of phenols is 2. The molecule has 0 bridgehead atoms. The molecule has 0 spiro atoms. The van der Waals surface area contributed by atoms with Crippen molar-refractivity contribution in [1.82, 2.24) is 0 Å². The van der Waals surface area contributed by atoms with Crippen LogP contribution in [0.4, 0.5) is 0 Å². The minimum atomic E-state index is -0.167. The molecular weight excluding hydrogens is 392 g/mol. The zero-order chi connectivity index (χ0) is 24.9. The second-order valence-electron chi connectivity index (χ2n) is 13.5. The van der Waals surface area contributed by atoms with Crippen molar-refractivity contribution in [3.63, 3.8) is 0 Å². The fraction of sp³-hybridized carbons (Fsp3) is 0.600. The normalized spacial score (nSPS) is 13.5. The van der Waals surface area contributed by atoms with E-state index in [1.54, 1.807) is 0 Å². The Bertz CT molecular complexity index is 887. The molecule has 2 heteroatoms. The van der Waals surface area contributed by atoms with Gasteiger partial charge in [-0.15, -0.1) is 0 Å². The van der Waals surface area contributed by atoms with Crippen molar-refractivity contribution in [2.24, 2.45) is 0 Å². The Balaban J connectivity index is 2.77. The van der Waals surface area contributed by atoms with Crippen LogP contribution in [0.5, 0.6) is 11.5 Å². The maximum absolute atomic E-state index is 10.9. The number of phenolic OH excluding ortho intramolecular Hbond substituents is 2. The van der Waals surface area contributed by atoms with Crippen LogP contribution in [-0.4, -0.2) is 10.2 Å². The van der Waals surface area contributed by atoms with E-state index in [1.165, 1.54) is 22.3 Å². The molecule has 32 heavy (non-hydrogen) atoms. The Morgan fingerprint density at radius 2 is 0.750 bits per heavy atom. The molecule has 0 aromatic heterocycles. The van der Waals surface area contributed by atoms with Crippen LogP contribution in [0, 0.1) is 0 Å². The number of hydrogen-bond acceptors (Lipinski definition) is 2. The van der Waals surface area contributed by atoms with E-state index in [0.29, 0.717) is 11.5 Å². The molecule has 0 saturated carbocycles. The smallest absolute Gasteiger partial charge is 0.119 e. The zero-order valence-electron chi connectivity index (χ0n) is 22.6. The first-order valence-electron chi connectivity index (χ1n) is 12.0. The van der Waals surface area contributed by atoms with Gasteiger partial charge in [0, 0.05) is 11.1 Å². The van der Waals surface area contributed by atoms with Crippen LogP contribution in [0.1, 0.15) is 116 Å². The van der Waals surface area contributed by atoms with Crippen molar-refractivity contribution in [2.75, 3.05) is 0 Å². The summed E-state index contributed by atoms with van der Waals surface area (Å²) in [5, 5.41) is 21.8. The molecule has 2 N–H and O–H groups in total. The van der Waals surface area contributed by atoms with Gasteiger partial charge in [0.1, 0.15) is 11.5 Å². The molecule has 178 valence electrons. The van der Waals surface area contributed by atoms with Crippen molar-refractivity contribution in [3.8, 4) is 11.5 Å². The summed E-state index contributed by atoms with van der Waals surface area (Å²) in [4.78, 5) is 0. The lowest BCUT2D eigenvalue weighted by Gasteiger charge is -2.33. The molecule has 0 atom stereocenters. The first-order chi connectivity index (χ1) is 14.3. The molecule has 2 aromatic carbocycles. The van der Waals surface area contributed by atoms with Gasteiger partial charge in [0.15, 0.2) is 0 Å². The highest BCUT2D eigenvalue weighted by Gasteiger charge is 2.31. The van der Waals surface area contributed by atoms with Gasteiger partial charge in [-0.2, -0.15) is 0 Å². The first kappa shape index (κ1) is 26.3. The summed E-state index contributed by atoms with van der Waals surface area (Å²) in [5.41, 5.74) is 6.76. The molecule has 0 saturated heterocycles. The molecule has 2 nitrogen and oxygen atoms in total. The Hall–Kier alpha value is -1.96. The Labute approximate surface area is 197 Å². The molecule has 0 aliphatic heterocycles. The van der Waals surface area contributed by atoms with Crippen molar-refractivity contribution >= 4 is 0 Å². The lowest BCUT2D eigenvalue weighted by molar-refractivity contribution is 0.437. The highest BCUT2D eigenvalue weighted by atomic mass is 16.3. The van der Waals surface area contributed by atoms with Gasteiger partial charge in [-0.1, -0.05) is 95.2 Å². The summed E-state index contributed by atoms with van der Waals surface area (Å²) in [6.07, 6.45) is 1.65. The molecule has 0 aliphatic carbocycles. The van der Waals surface area contributed by atoms with Crippen LogP contribution in [0.2, 0.25) is 0 Å². The minimum absolute atomic E-state index is 0.0262. The van der Waals surface area contributed by atoms with Crippen molar-refractivity contribution in [2.45, 2.75) is 118 Å². The average Bonchev–Trinajstić information content (AvgIpc) is 2.55. The number of aromatic hydroxyl groups is 2. The summed E-state index contributed by atoms with van der Waals surface area (Å²) < 4.78 is 0. The van der Waals surface area contributed by atoms with E-state index < -0.39 is 0 Å². The van der Waals surface area contributed by atoms with Crippen LogP contribution in [0.25, 0.3) is 0 Å². The topological polar surface area (TPSA) is 40.5 Å². The van der Waals surface area contributed by atoms with Gasteiger partial charge >= 0.3 is 0 Å². The lowest BCUT2D eigenvalue weighted by Crippen LogP contribution is -2.24. The molecule has 0 amide bonds. The molecule has 0 aliphatic rings. The van der Waals surface area contributed by atoms with Crippen molar-refractivity contribution in [3.05, 3.63) is 57.6 Å². The first-order valence-corrected chi connectivity index (χ1v) is 12.0. The number of benzene rings is 2. The van der Waals surface area contributed by atoms with Crippen LogP contribution in [-0.2, 0) is 34.5 Å². The largest absolute Gasteiger partial charge is 0.508 e. The average molecular weight is 439 g/mol. The van der Waals surface area contributed by atoms with Crippen LogP contribution < -0.4 is 0 Å². The van der Waals surface area contributed by atoms with E-state index in [1.807, 2.05) is 12.1 Å². The van der Waals surface area contributed by atoms with Gasteiger partial charge in [-0.3, -0.25) is 0 Å². The molecule has 0 fully saturated rings.